The van der Waals surface area contributed by atoms with Gasteiger partial charge in [0.15, 0.2) is 5.60 Å². The number of nitrogens with one attached hydrogen (secondary N) is 1. The van der Waals surface area contributed by atoms with Crippen LogP contribution >= 0.6 is 0 Å². The van der Waals surface area contributed by atoms with Crippen molar-refractivity contribution in [1.29, 1.82) is 0 Å². The van der Waals surface area contributed by atoms with E-state index in [2.05, 4.69) is 10.1 Å². The van der Waals surface area contributed by atoms with Crippen molar-refractivity contribution in [3.05, 3.63) is 48.0 Å². The number of benzene rings is 1. The minimum absolute atomic E-state index is 0.233. The van der Waals surface area contributed by atoms with Gasteiger partial charge in [0.05, 0.1) is 7.11 Å². The fourth-order valence-corrected chi connectivity index (χ4v) is 2.25. The second-order valence-corrected chi connectivity index (χ2v) is 4.94. The van der Waals surface area contributed by atoms with Gasteiger partial charge >= 0.3 is 11.9 Å². The largest absolute Gasteiger partial charge is 0.468 e. The molecule has 1 N–H and O–H groups in total. The highest BCUT2D eigenvalue weighted by Crippen LogP contribution is 2.26. The minimum Gasteiger partial charge on any atom is -0.468 e. The number of methoxy groups -OCH3 is 1. The van der Waals surface area contributed by atoms with E-state index in [1.165, 1.54) is 13.2 Å². The summed E-state index contributed by atoms with van der Waals surface area (Å²) in [6.07, 6.45) is 3.38. The van der Waals surface area contributed by atoms with Gasteiger partial charge in [0.2, 0.25) is 0 Å². The summed E-state index contributed by atoms with van der Waals surface area (Å²) in [6, 6.07) is 9.25. The third-order valence-corrected chi connectivity index (χ3v) is 3.36. The average Bonchev–Trinajstić information content (AvgIpc) is 2.53. The van der Waals surface area contributed by atoms with Gasteiger partial charge in [-0.15, -0.1) is 0 Å². The minimum atomic E-state index is -1.35. The molecule has 6 heteroatoms. The van der Waals surface area contributed by atoms with E-state index < -0.39 is 23.4 Å². The molecule has 116 valence electrons. The van der Waals surface area contributed by atoms with Crippen LogP contribution in [0.25, 0.3) is 0 Å². The highest BCUT2D eigenvalue weighted by molar-refractivity contribution is 5.94. The lowest BCUT2D eigenvalue weighted by atomic mass is 9.88. The van der Waals surface area contributed by atoms with Gasteiger partial charge in [-0.05, 0) is 5.56 Å². The molecule has 1 unspecified atom stereocenters. The molecule has 1 aromatic rings. The first-order chi connectivity index (χ1) is 10.6. The molecule has 22 heavy (non-hydrogen) atoms. The van der Waals surface area contributed by atoms with Crippen LogP contribution in [0, 0.1) is 0 Å². The summed E-state index contributed by atoms with van der Waals surface area (Å²) < 4.78 is 9.80. The molecule has 1 atom stereocenters. The first-order valence-electron chi connectivity index (χ1n) is 6.84. The molecule has 0 aliphatic carbocycles. The highest BCUT2D eigenvalue weighted by Gasteiger charge is 2.43. The Balaban J connectivity index is 2.18. The molecule has 0 spiro atoms. The zero-order chi connectivity index (χ0) is 16.0. The van der Waals surface area contributed by atoms with E-state index in [4.69, 9.17) is 4.74 Å². The summed E-state index contributed by atoms with van der Waals surface area (Å²) in [5, 5.41) is 2.46. The predicted molar refractivity (Wildman–Crippen MR) is 77.8 cm³/mol. The molecule has 0 fully saturated rings. The van der Waals surface area contributed by atoms with Gasteiger partial charge in [-0.2, -0.15) is 0 Å². The van der Waals surface area contributed by atoms with Crippen LogP contribution in [0.1, 0.15) is 12.0 Å². The maximum absolute atomic E-state index is 12.5. The lowest BCUT2D eigenvalue weighted by molar-refractivity contribution is -0.166. The monoisotopic (exact) mass is 303 g/mol. The molecular weight excluding hydrogens is 286 g/mol. The topological polar surface area (TPSA) is 81.7 Å². The van der Waals surface area contributed by atoms with Gasteiger partial charge in [0, 0.05) is 18.9 Å². The van der Waals surface area contributed by atoms with Crippen LogP contribution in [0.15, 0.2) is 42.5 Å². The van der Waals surface area contributed by atoms with Crippen LogP contribution in [0.4, 0.5) is 0 Å². The van der Waals surface area contributed by atoms with Crippen LogP contribution in [-0.2, 0) is 30.3 Å². The molecule has 1 aliphatic rings. The Morgan fingerprint density at radius 2 is 2.05 bits per heavy atom. The number of carbonyl (C=O) groups is 3. The van der Waals surface area contributed by atoms with Gasteiger partial charge in [-0.3, -0.25) is 9.59 Å². The van der Waals surface area contributed by atoms with Crippen molar-refractivity contribution in [2.75, 3.05) is 13.7 Å². The number of hydrogen-bond donors (Lipinski definition) is 1. The van der Waals surface area contributed by atoms with Gasteiger partial charge in [0.25, 0.3) is 5.91 Å². The number of ether oxygens (including phenoxy) is 2. The van der Waals surface area contributed by atoms with E-state index in [-0.39, 0.29) is 19.4 Å². The first-order valence-corrected chi connectivity index (χ1v) is 6.84. The number of hydrogen-bond acceptors (Lipinski definition) is 5. The molecule has 0 aromatic heterocycles. The van der Waals surface area contributed by atoms with E-state index in [1.54, 1.807) is 6.08 Å². The standard InChI is InChI=1S/C16H17NO5/c1-21-14(19)11-17-15(20)16(9-5-8-13(18)22-16)10-12-6-3-2-4-7-12/h2-8H,9-11H2,1H3,(H,17,20). The van der Waals surface area contributed by atoms with Gasteiger partial charge in [0.1, 0.15) is 6.54 Å². The third-order valence-electron chi connectivity index (χ3n) is 3.36. The second kappa shape index (κ2) is 6.89. The van der Waals surface area contributed by atoms with Crippen molar-refractivity contribution in [1.82, 2.24) is 5.32 Å². The Bertz CT molecular complexity index is 596. The predicted octanol–water partition coefficient (Wildman–Crippen LogP) is 0.760. The maximum atomic E-state index is 12.5. The fourth-order valence-electron chi connectivity index (χ4n) is 2.25. The Hall–Kier alpha value is -2.63. The summed E-state index contributed by atoms with van der Waals surface area (Å²) >= 11 is 0. The normalized spacial score (nSPS) is 20.1. The summed E-state index contributed by atoms with van der Waals surface area (Å²) in [4.78, 5) is 35.2. The molecule has 1 aliphatic heterocycles. The Labute approximate surface area is 128 Å². The highest BCUT2D eigenvalue weighted by atomic mass is 16.6. The fraction of sp³-hybridized carbons (Fsp3) is 0.312. The van der Waals surface area contributed by atoms with Crippen LogP contribution in [0.3, 0.4) is 0 Å². The average molecular weight is 303 g/mol. The SMILES string of the molecule is COC(=O)CNC(=O)C1(Cc2ccccc2)CC=CC(=O)O1. The van der Waals surface area contributed by atoms with Crippen molar-refractivity contribution in [3.8, 4) is 0 Å². The third kappa shape index (κ3) is 3.72. The van der Waals surface area contributed by atoms with Crippen LogP contribution in [0.5, 0.6) is 0 Å². The molecule has 0 bridgehead atoms. The lowest BCUT2D eigenvalue weighted by Crippen LogP contribution is -2.53. The van der Waals surface area contributed by atoms with Crippen molar-refractivity contribution in [2.45, 2.75) is 18.4 Å². The molecule has 1 amide bonds. The van der Waals surface area contributed by atoms with Crippen molar-refractivity contribution in [2.24, 2.45) is 0 Å². The molecular formula is C16H17NO5. The quantitative estimate of drug-likeness (QED) is 0.812. The zero-order valence-corrected chi connectivity index (χ0v) is 12.2. The van der Waals surface area contributed by atoms with Crippen molar-refractivity contribution < 1.29 is 23.9 Å². The van der Waals surface area contributed by atoms with E-state index in [9.17, 15) is 14.4 Å². The summed E-state index contributed by atoms with van der Waals surface area (Å²) in [5.41, 5.74) is -0.486. The lowest BCUT2D eigenvalue weighted by Gasteiger charge is -2.33. The Morgan fingerprint density at radius 3 is 2.68 bits per heavy atom. The van der Waals surface area contributed by atoms with Gasteiger partial charge in [-0.25, -0.2) is 4.79 Å². The number of rotatable bonds is 5. The van der Waals surface area contributed by atoms with Crippen LogP contribution < -0.4 is 5.32 Å². The molecule has 1 aromatic carbocycles. The molecule has 6 nitrogen and oxygen atoms in total. The second-order valence-electron chi connectivity index (χ2n) is 4.94. The van der Waals surface area contributed by atoms with Crippen molar-refractivity contribution in [3.63, 3.8) is 0 Å². The molecule has 0 saturated carbocycles. The smallest absolute Gasteiger partial charge is 0.331 e. The summed E-state index contributed by atoms with van der Waals surface area (Å²) in [7, 11) is 1.23. The number of carbonyl (C=O) groups excluding carboxylic acids is 3. The summed E-state index contributed by atoms with van der Waals surface area (Å²) in [5.74, 6) is -1.66. The van der Waals surface area contributed by atoms with E-state index >= 15 is 0 Å². The maximum Gasteiger partial charge on any atom is 0.331 e. The number of esters is 2. The van der Waals surface area contributed by atoms with Gasteiger partial charge < -0.3 is 14.8 Å². The first kappa shape index (κ1) is 15.8. The van der Waals surface area contributed by atoms with E-state index in [0.717, 1.165) is 5.56 Å². The molecule has 0 radical (unpaired) electrons. The summed E-state index contributed by atoms with van der Waals surface area (Å²) in [6.45, 7) is -0.271. The van der Waals surface area contributed by atoms with Crippen LogP contribution in [0.2, 0.25) is 0 Å². The molecule has 1 heterocycles. The molecule has 2 rings (SSSR count). The van der Waals surface area contributed by atoms with Gasteiger partial charge in [-0.1, -0.05) is 36.4 Å². The number of cyclic esters (lactones) is 1. The van der Waals surface area contributed by atoms with E-state index in [0.29, 0.717) is 0 Å². The Kier molecular flexibility index (Phi) is 4.93. The number of amides is 1. The zero-order valence-electron chi connectivity index (χ0n) is 12.2. The van der Waals surface area contributed by atoms with Crippen molar-refractivity contribution >= 4 is 17.8 Å². The Morgan fingerprint density at radius 1 is 1.32 bits per heavy atom. The van der Waals surface area contributed by atoms with E-state index in [1.807, 2.05) is 30.3 Å². The van der Waals surface area contributed by atoms with Crippen LogP contribution in [-0.4, -0.2) is 37.1 Å². The molecule has 0 saturated heterocycles.